The monoisotopic (exact) mass is 309 g/mol. The standard InChI is InChI=1S/C17H15N3O3/c1-3-23-12(2)19-16-14(11-18-19)9-10-15(17(16)20(21)22)13-7-5-4-6-8-13/h4-11H,2-3H2,1H3. The Bertz CT molecular complexity index is 885. The molecule has 0 saturated heterocycles. The third kappa shape index (κ3) is 2.55. The van der Waals surface area contributed by atoms with E-state index in [0.717, 1.165) is 5.56 Å². The zero-order chi connectivity index (χ0) is 16.4. The Morgan fingerprint density at radius 1 is 1.30 bits per heavy atom. The van der Waals surface area contributed by atoms with Gasteiger partial charge in [-0.25, -0.2) is 0 Å². The Kier molecular flexibility index (Phi) is 3.80. The zero-order valence-electron chi connectivity index (χ0n) is 12.6. The molecule has 1 aromatic heterocycles. The number of benzene rings is 2. The number of aromatic nitrogens is 2. The lowest BCUT2D eigenvalue weighted by Crippen LogP contribution is -2.04. The first kappa shape index (κ1) is 14.8. The van der Waals surface area contributed by atoms with E-state index >= 15 is 0 Å². The lowest BCUT2D eigenvalue weighted by Gasteiger charge is -2.09. The summed E-state index contributed by atoms with van der Waals surface area (Å²) < 4.78 is 6.74. The van der Waals surface area contributed by atoms with Gasteiger partial charge in [-0.1, -0.05) is 36.4 Å². The molecule has 6 nitrogen and oxygen atoms in total. The van der Waals surface area contributed by atoms with Gasteiger partial charge in [0.05, 0.1) is 23.3 Å². The molecule has 6 heteroatoms. The summed E-state index contributed by atoms with van der Waals surface area (Å²) in [6.07, 6.45) is 1.57. The van der Waals surface area contributed by atoms with Crippen LogP contribution >= 0.6 is 0 Å². The molecule has 0 N–H and O–H groups in total. The third-order valence-electron chi connectivity index (χ3n) is 3.52. The predicted molar refractivity (Wildman–Crippen MR) is 88.8 cm³/mol. The minimum Gasteiger partial charge on any atom is -0.478 e. The van der Waals surface area contributed by atoms with E-state index in [1.54, 1.807) is 12.3 Å². The van der Waals surface area contributed by atoms with Crippen molar-refractivity contribution in [3.63, 3.8) is 0 Å². The number of nitrogens with zero attached hydrogens (tertiary/aromatic N) is 3. The summed E-state index contributed by atoms with van der Waals surface area (Å²) in [7, 11) is 0. The number of ether oxygens (including phenoxy) is 1. The van der Waals surface area contributed by atoms with Gasteiger partial charge in [0.15, 0.2) is 5.52 Å². The van der Waals surface area contributed by atoms with Crippen LogP contribution in [0.3, 0.4) is 0 Å². The van der Waals surface area contributed by atoms with Crippen molar-refractivity contribution in [1.82, 2.24) is 9.78 Å². The average Bonchev–Trinajstić information content (AvgIpc) is 2.98. The molecule has 0 radical (unpaired) electrons. The van der Waals surface area contributed by atoms with Crippen molar-refractivity contribution in [3.05, 3.63) is 65.4 Å². The highest BCUT2D eigenvalue weighted by Crippen LogP contribution is 2.37. The molecule has 0 bridgehead atoms. The highest BCUT2D eigenvalue weighted by Gasteiger charge is 2.24. The van der Waals surface area contributed by atoms with Crippen LogP contribution in [0.15, 0.2) is 55.2 Å². The molecule has 0 spiro atoms. The van der Waals surface area contributed by atoms with E-state index in [1.807, 2.05) is 43.3 Å². The second-order valence-electron chi connectivity index (χ2n) is 4.91. The van der Waals surface area contributed by atoms with Gasteiger partial charge in [0, 0.05) is 5.39 Å². The van der Waals surface area contributed by atoms with Gasteiger partial charge in [0.1, 0.15) is 0 Å². The predicted octanol–water partition coefficient (Wildman–Crippen LogP) is 4.08. The van der Waals surface area contributed by atoms with Gasteiger partial charge in [0.2, 0.25) is 5.88 Å². The average molecular weight is 309 g/mol. The molecule has 2 aromatic carbocycles. The molecule has 0 amide bonds. The smallest absolute Gasteiger partial charge is 0.303 e. The quantitative estimate of drug-likeness (QED) is 0.404. The summed E-state index contributed by atoms with van der Waals surface area (Å²) in [5.74, 6) is 0.260. The lowest BCUT2D eigenvalue weighted by molar-refractivity contribution is -0.382. The Morgan fingerprint density at radius 2 is 2.04 bits per heavy atom. The number of nitro groups is 1. The van der Waals surface area contributed by atoms with Crippen molar-refractivity contribution < 1.29 is 9.66 Å². The van der Waals surface area contributed by atoms with Gasteiger partial charge in [-0.2, -0.15) is 9.78 Å². The van der Waals surface area contributed by atoms with Crippen LogP contribution in [-0.2, 0) is 4.74 Å². The zero-order valence-corrected chi connectivity index (χ0v) is 12.6. The Balaban J connectivity index is 2.31. The van der Waals surface area contributed by atoms with Gasteiger partial charge < -0.3 is 4.74 Å². The van der Waals surface area contributed by atoms with Crippen LogP contribution in [0.4, 0.5) is 5.69 Å². The summed E-state index contributed by atoms with van der Waals surface area (Å²) >= 11 is 0. The Morgan fingerprint density at radius 3 is 2.70 bits per heavy atom. The van der Waals surface area contributed by atoms with E-state index in [2.05, 4.69) is 11.7 Å². The second-order valence-corrected chi connectivity index (χ2v) is 4.91. The fourth-order valence-corrected chi connectivity index (χ4v) is 2.55. The maximum Gasteiger partial charge on any atom is 0.303 e. The minimum atomic E-state index is -0.387. The van der Waals surface area contributed by atoms with E-state index in [9.17, 15) is 10.1 Å². The highest BCUT2D eigenvalue weighted by atomic mass is 16.6. The molecule has 3 rings (SSSR count). The summed E-state index contributed by atoms with van der Waals surface area (Å²) in [6.45, 7) is 6.02. The van der Waals surface area contributed by atoms with E-state index in [0.29, 0.717) is 23.1 Å². The molecule has 0 aliphatic rings. The Hall–Kier alpha value is -3.15. The van der Waals surface area contributed by atoms with Gasteiger partial charge in [0.25, 0.3) is 0 Å². The van der Waals surface area contributed by atoms with Crippen molar-refractivity contribution in [2.24, 2.45) is 0 Å². The van der Waals surface area contributed by atoms with E-state index < -0.39 is 0 Å². The summed E-state index contributed by atoms with van der Waals surface area (Å²) in [6, 6.07) is 12.8. The first-order valence-corrected chi connectivity index (χ1v) is 7.16. The normalized spacial score (nSPS) is 10.7. The summed E-state index contributed by atoms with van der Waals surface area (Å²) in [5, 5.41) is 16.6. The van der Waals surface area contributed by atoms with E-state index in [4.69, 9.17) is 4.74 Å². The van der Waals surface area contributed by atoms with Gasteiger partial charge in [-0.3, -0.25) is 10.1 Å². The Labute approximate surface area is 132 Å². The van der Waals surface area contributed by atoms with Gasteiger partial charge in [-0.15, -0.1) is 0 Å². The maximum absolute atomic E-state index is 11.7. The van der Waals surface area contributed by atoms with Crippen molar-refractivity contribution in [2.75, 3.05) is 6.61 Å². The molecular formula is C17H15N3O3. The molecule has 23 heavy (non-hydrogen) atoms. The van der Waals surface area contributed by atoms with Crippen LogP contribution in [0, 0.1) is 10.1 Å². The maximum atomic E-state index is 11.7. The highest BCUT2D eigenvalue weighted by molar-refractivity contribution is 5.96. The molecule has 3 aromatic rings. The molecule has 0 fully saturated rings. The van der Waals surface area contributed by atoms with Crippen LogP contribution in [0.5, 0.6) is 0 Å². The number of nitro benzene ring substituents is 1. The van der Waals surface area contributed by atoms with Crippen LogP contribution in [0.1, 0.15) is 6.92 Å². The lowest BCUT2D eigenvalue weighted by atomic mass is 10.0. The number of hydrogen-bond acceptors (Lipinski definition) is 4. The molecule has 0 atom stereocenters. The summed E-state index contributed by atoms with van der Waals surface area (Å²) in [4.78, 5) is 11.3. The van der Waals surface area contributed by atoms with Crippen LogP contribution in [0.2, 0.25) is 0 Å². The van der Waals surface area contributed by atoms with Crippen LogP contribution in [-0.4, -0.2) is 21.3 Å². The molecule has 1 heterocycles. The molecule has 0 unspecified atom stereocenters. The molecule has 0 aliphatic carbocycles. The third-order valence-corrected chi connectivity index (χ3v) is 3.52. The van der Waals surface area contributed by atoms with Crippen molar-refractivity contribution in [2.45, 2.75) is 6.92 Å². The second kappa shape index (κ2) is 5.92. The van der Waals surface area contributed by atoms with Crippen molar-refractivity contribution in [1.29, 1.82) is 0 Å². The molecular weight excluding hydrogens is 294 g/mol. The van der Waals surface area contributed by atoms with Gasteiger partial charge >= 0.3 is 5.69 Å². The SMILES string of the molecule is C=C(OCC)n1ncc2ccc(-c3ccccc3)c([N+](=O)[O-])c21. The van der Waals surface area contributed by atoms with Crippen molar-refractivity contribution >= 4 is 22.5 Å². The van der Waals surface area contributed by atoms with E-state index in [1.165, 1.54) is 4.68 Å². The number of fused-ring (bicyclic) bond motifs is 1. The van der Waals surface area contributed by atoms with Gasteiger partial charge in [-0.05, 0) is 25.1 Å². The minimum absolute atomic E-state index is 0.00736. The van der Waals surface area contributed by atoms with Crippen LogP contribution in [0.25, 0.3) is 27.9 Å². The topological polar surface area (TPSA) is 70.2 Å². The molecule has 116 valence electrons. The summed E-state index contributed by atoms with van der Waals surface area (Å²) in [5.41, 5.74) is 1.69. The number of hydrogen-bond donors (Lipinski definition) is 0. The fraction of sp³-hybridized carbons (Fsp3) is 0.118. The first-order chi connectivity index (χ1) is 11.1. The van der Waals surface area contributed by atoms with E-state index in [-0.39, 0.29) is 16.5 Å². The molecule has 0 aliphatic heterocycles. The first-order valence-electron chi connectivity index (χ1n) is 7.16. The van der Waals surface area contributed by atoms with Crippen molar-refractivity contribution in [3.8, 4) is 11.1 Å². The molecule has 0 saturated carbocycles. The fourth-order valence-electron chi connectivity index (χ4n) is 2.55. The largest absolute Gasteiger partial charge is 0.478 e. The number of rotatable bonds is 5. The van der Waals surface area contributed by atoms with Crippen LogP contribution < -0.4 is 0 Å².